The Morgan fingerprint density at radius 3 is 2.81 bits per heavy atom. The van der Waals surface area contributed by atoms with Crippen LogP contribution in [0.4, 0.5) is 0 Å². The van der Waals surface area contributed by atoms with Gasteiger partial charge in [0.2, 0.25) is 0 Å². The zero-order valence-corrected chi connectivity index (χ0v) is 13.6. The molecule has 0 bridgehead atoms. The molecule has 2 aliphatic rings. The number of aryl methyl sites for hydroxylation is 1. The van der Waals surface area contributed by atoms with E-state index >= 15 is 0 Å². The predicted molar refractivity (Wildman–Crippen MR) is 89.6 cm³/mol. The second kappa shape index (κ2) is 6.93. The first-order valence-electron chi connectivity index (χ1n) is 8.86. The molecule has 1 heterocycles. The quantitative estimate of drug-likeness (QED) is 0.906. The molecule has 3 atom stereocenters. The highest BCUT2D eigenvalue weighted by molar-refractivity contribution is 5.34. The van der Waals surface area contributed by atoms with Crippen molar-refractivity contribution in [3.63, 3.8) is 0 Å². The van der Waals surface area contributed by atoms with Crippen LogP contribution in [0.15, 0.2) is 24.3 Å². The minimum atomic E-state index is 0.502. The van der Waals surface area contributed by atoms with Gasteiger partial charge in [0.05, 0.1) is 0 Å². The molecule has 0 saturated carbocycles. The van der Waals surface area contributed by atoms with Crippen LogP contribution >= 0.6 is 0 Å². The number of benzene rings is 1. The molecule has 1 fully saturated rings. The second-order valence-electron chi connectivity index (χ2n) is 6.72. The average Bonchev–Trinajstić information content (AvgIpc) is 2.78. The minimum Gasteiger partial charge on any atom is -0.312 e. The SMILES string of the molecule is CCC1CCCCCN1C1CCc2ccccc2C1NC. The van der Waals surface area contributed by atoms with Crippen LogP contribution in [0, 0.1) is 0 Å². The van der Waals surface area contributed by atoms with E-state index < -0.39 is 0 Å². The van der Waals surface area contributed by atoms with Crippen LogP contribution < -0.4 is 5.32 Å². The Morgan fingerprint density at radius 2 is 2.00 bits per heavy atom. The smallest absolute Gasteiger partial charge is 0.0478 e. The minimum absolute atomic E-state index is 0.502. The molecule has 3 unspecified atom stereocenters. The average molecular weight is 286 g/mol. The number of likely N-dealkylation sites (N-methyl/N-ethyl adjacent to an activating group) is 1. The van der Waals surface area contributed by atoms with Gasteiger partial charge in [-0.2, -0.15) is 0 Å². The summed E-state index contributed by atoms with van der Waals surface area (Å²) in [6, 6.07) is 11.0. The largest absolute Gasteiger partial charge is 0.312 e. The summed E-state index contributed by atoms with van der Waals surface area (Å²) in [6.45, 7) is 3.66. The van der Waals surface area contributed by atoms with E-state index in [2.05, 4.69) is 48.5 Å². The van der Waals surface area contributed by atoms with Crippen LogP contribution in [-0.2, 0) is 6.42 Å². The maximum Gasteiger partial charge on any atom is 0.0478 e. The summed E-state index contributed by atoms with van der Waals surface area (Å²) in [5, 5.41) is 3.63. The van der Waals surface area contributed by atoms with Gasteiger partial charge >= 0.3 is 0 Å². The molecule has 3 rings (SSSR count). The third kappa shape index (κ3) is 3.02. The van der Waals surface area contributed by atoms with Crippen molar-refractivity contribution < 1.29 is 0 Å². The van der Waals surface area contributed by atoms with Crippen molar-refractivity contribution in [2.75, 3.05) is 13.6 Å². The Balaban J connectivity index is 1.87. The summed E-state index contributed by atoms with van der Waals surface area (Å²) in [6.07, 6.45) is 9.46. The van der Waals surface area contributed by atoms with Crippen LogP contribution in [0.2, 0.25) is 0 Å². The number of likely N-dealkylation sites (tertiary alicyclic amines) is 1. The molecule has 0 aromatic heterocycles. The normalized spacial score (nSPS) is 30.7. The van der Waals surface area contributed by atoms with Gasteiger partial charge in [-0.05, 0) is 56.8 Å². The molecule has 0 spiro atoms. The molecule has 2 nitrogen and oxygen atoms in total. The van der Waals surface area contributed by atoms with Gasteiger partial charge in [-0.15, -0.1) is 0 Å². The van der Waals surface area contributed by atoms with E-state index in [0.29, 0.717) is 12.1 Å². The van der Waals surface area contributed by atoms with Gasteiger partial charge in [0.25, 0.3) is 0 Å². The molecule has 1 aromatic carbocycles. The molecule has 1 saturated heterocycles. The molecule has 1 N–H and O–H groups in total. The number of nitrogens with zero attached hydrogens (tertiary/aromatic N) is 1. The highest BCUT2D eigenvalue weighted by Gasteiger charge is 2.35. The lowest BCUT2D eigenvalue weighted by Crippen LogP contribution is -2.50. The molecule has 1 aromatic rings. The number of fused-ring (bicyclic) bond motifs is 1. The van der Waals surface area contributed by atoms with E-state index in [1.807, 2.05) is 0 Å². The van der Waals surface area contributed by atoms with Gasteiger partial charge in [-0.25, -0.2) is 0 Å². The van der Waals surface area contributed by atoms with Gasteiger partial charge in [0.15, 0.2) is 0 Å². The van der Waals surface area contributed by atoms with E-state index in [-0.39, 0.29) is 0 Å². The molecular weight excluding hydrogens is 256 g/mol. The Morgan fingerprint density at radius 1 is 1.14 bits per heavy atom. The Labute approximate surface area is 129 Å². The number of rotatable bonds is 3. The zero-order valence-electron chi connectivity index (χ0n) is 13.6. The molecule has 1 aliphatic carbocycles. The highest BCUT2D eigenvalue weighted by atomic mass is 15.2. The molecule has 2 heteroatoms. The third-order valence-electron chi connectivity index (χ3n) is 5.62. The number of nitrogens with one attached hydrogen (secondary N) is 1. The Kier molecular flexibility index (Phi) is 4.97. The van der Waals surface area contributed by atoms with Crippen molar-refractivity contribution in [3.05, 3.63) is 35.4 Å². The first kappa shape index (κ1) is 15.1. The van der Waals surface area contributed by atoms with E-state index in [1.54, 1.807) is 5.56 Å². The molecule has 116 valence electrons. The lowest BCUT2D eigenvalue weighted by molar-refractivity contribution is 0.0933. The predicted octanol–water partition coefficient (Wildman–Crippen LogP) is 3.92. The maximum absolute atomic E-state index is 3.63. The molecule has 0 radical (unpaired) electrons. The Bertz CT molecular complexity index is 457. The zero-order chi connectivity index (χ0) is 14.7. The fourth-order valence-electron chi connectivity index (χ4n) is 4.52. The molecule has 0 amide bonds. The molecular formula is C19H30N2. The first-order chi connectivity index (χ1) is 10.3. The summed E-state index contributed by atoms with van der Waals surface area (Å²) in [5.74, 6) is 0. The summed E-state index contributed by atoms with van der Waals surface area (Å²) >= 11 is 0. The summed E-state index contributed by atoms with van der Waals surface area (Å²) in [5.41, 5.74) is 3.09. The van der Waals surface area contributed by atoms with Crippen molar-refractivity contribution in [1.82, 2.24) is 10.2 Å². The van der Waals surface area contributed by atoms with E-state index in [4.69, 9.17) is 0 Å². The van der Waals surface area contributed by atoms with E-state index in [1.165, 1.54) is 57.1 Å². The van der Waals surface area contributed by atoms with Crippen LogP contribution in [0.5, 0.6) is 0 Å². The van der Waals surface area contributed by atoms with Crippen molar-refractivity contribution in [1.29, 1.82) is 0 Å². The van der Waals surface area contributed by atoms with Gasteiger partial charge < -0.3 is 5.32 Å². The Hall–Kier alpha value is -0.860. The van der Waals surface area contributed by atoms with Crippen molar-refractivity contribution in [3.8, 4) is 0 Å². The van der Waals surface area contributed by atoms with Gasteiger partial charge in [-0.3, -0.25) is 4.90 Å². The van der Waals surface area contributed by atoms with Crippen molar-refractivity contribution in [2.45, 2.75) is 70.0 Å². The fourth-order valence-corrected chi connectivity index (χ4v) is 4.52. The second-order valence-corrected chi connectivity index (χ2v) is 6.72. The molecule has 1 aliphatic heterocycles. The standard InChI is InChI=1S/C19H30N2/c1-3-16-10-5-4-8-14-21(16)18-13-12-15-9-6-7-11-17(15)19(18)20-2/h6-7,9,11,16,18-20H,3-5,8,10,12-14H2,1-2H3. The lowest BCUT2D eigenvalue weighted by Gasteiger charge is -2.44. The van der Waals surface area contributed by atoms with Crippen LogP contribution in [0.25, 0.3) is 0 Å². The highest BCUT2D eigenvalue weighted by Crippen LogP contribution is 2.35. The van der Waals surface area contributed by atoms with Crippen LogP contribution in [0.1, 0.15) is 62.6 Å². The van der Waals surface area contributed by atoms with Crippen molar-refractivity contribution >= 4 is 0 Å². The van der Waals surface area contributed by atoms with E-state index in [0.717, 1.165) is 6.04 Å². The summed E-state index contributed by atoms with van der Waals surface area (Å²) < 4.78 is 0. The fraction of sp³-hybridized carbons (Fsp3) is 0.684. The number of hydrogen-bond acceptors (Lipinski definition) is 2. The van der Waals surface area contributed by atoms with E-state index in [9.17, 15) is 0 Å². The monoisotopic (exact) mass is 286 g/mol. The topological polar surface area (TPSA) is 15.3 Å². The number of hydrogen-bond donors (Lipinski definition) is 1. The maximum atomic E-state index is 3.63. The van der Waals surface area contributed by atoms with Crippen LogP contribution in [0.3, 0.4) is 0 Å². The molecule has 21 heavy (non-hydrogen) atoms. The third-order valence-corrected chi connectivity index (χ3v) is 5.62. The lowest BCUT2D eigenvalue weighted by atomic mass is 9.82. The van der Waals surface area contributed by atoms with Gasteiger partial charge in [-0.1, -0.05) is 44.0 Å². The van der Waals surface area contributed by atoms with Crippen LogP contribution in [-0.4, -0.2) is 30.6 Å². The van der Waals surface area contributed by atoms with Gasteiger partial charge in [0.1, 0.15) is 0 Å². The summed E-state index contributed by atoms with van der Waals surface area (Å²) in [4.78, 5) is 2.85. The summed E-state index contributed by atoms with van der Waals surface area (Å²) in [7, 11) is 2.14. The van der Waals surface area contributed by atoms with Crippen molar-refractivity contribution in [2.24, 2.45) is 0 Å². The first-order valence-corrected chi connectivity index (χ1v) is 8.86. The van der Waals surface area contributed by atoms with Gasteiger partial charge in [0, 0.05) is 18.1 Å².